The molecule has 1 aromatic heterocycles. The minimum Gasteiger partial charge on any atom is -0.497 e. The number of aromatic nitrogens is 1. The maximum absolute atomic E-state index is 14.5. The second kappa shape index (κ2) is 17.3. The Kier molecular flexibility index (Phi) is 12.9. The summed E-state index contributed by atoms with van der Waals surface area (Å²) in [5, 5.41) is 3.55. The van der Waals surface area contributed by atoms with Crippen molar-refractivity contribution < 1.29 is 41.4 Å². The Morgan fingerprint density at radius 3 is 2.46 bits per heavy atom. The van der Waals surface area contributed by atoms with Gasteiger partial charge in [-0.2, -0.15) is 0 Å². The zero-order chi connectivity index (χ0) is 41.6. The number of nitrogens with zero attached hydrogens (tertiary/aromatic N) is 2. The summed E-state index contributed by atoms with van der Waals surface area (Å²) < 4.78 is 58.7. The lowest BCUT2D eigenvalue weighted by Gasteiger charge is -2.30. The summed E-state index contributed by atoms with van der Waals surface area (Å²) in [6, 6.07) is 12.8. The number of methoxy groups -OCH3 is 1. The highest BCUT2D eigenvalue weighted by molar-refractivity contribution is 7.91. The van der Waals surface area contributed by atoms with E-state index in [1.165, 1.54) is 4.90 Å². The second-order valence-electron chi connectivity index (χ2n) is 16.9. The molecule has 2 aromatic carbocycles. The summed E-state index contributed by atoms with van der Waals surface area (Å²) in [4.78, 5) is 49.0. The molecule has 4 aliphatic rings. The SMILES string of the molecule is COc1ccc2c(O[C@@H]3C[C@H]4C(=O)N[C@]5(C(=O)NS(=O)(=O)C6(CF)CC6)C[C@H]5C=CCC[C@@H](C)C[C@@H](C)[C@H](N)C(=O)N4C3)cc(-c3ccc(OC(C)C)cc3)nc2c1.Cl. The van der Waals surface area contributed by atoms with Crippen LogP contribution in [0.25, 0.3) is 22.2 Å². The van der Waals surface area contributed by atoms with E-state index in [4.69, 9.17) is 24.9 Å². The lowest BCUT2D eigenvalue weighted by molar-refractivity contribution is -0.141. The van der Waals surface area contributed by atoms with Gasteiger partial charge in [-0.25, -0.2) is 17.8 Å². The number of halogens is 2. The molecule has 16 heteroatoms. The molecule has 1 saturated heterocycles. The van der Waals surface area contributed by atoms with Crippen LogP contribution in [0.2, 0.25) is 0 Å². The van der Waals surface area contributed by atoms with Crippen LogP contribution in [0.4, 0.5) is 4.39 Å². The number of alkyl halides is 1. The van der Waals surface area contributed by atoms with Gasteiger partial charge in [-0.05, 0) is 101 Å². The highest BCUT2D eigenvalue weighted by Crippen LogP contribution is 2.48. The third-order valence-electron chi connectivity index (χ3n) is 12.1. The Hall–Kier alpha value is -4.47. The zero-order valence-electron chi connectivity index (χ0n) is 34.1. The van der Waals surface area contributed by atoms with Crippen molar-refractivity contribution in [3.8, 4) is 28.5 Å². The van der Waals surface area contributed by atoms with Crippen molar-refractivity contribution in [2.24, 2.45) is 23.5 Å². The van der Waals surface area contributed by atoms with E-state index in [0.717, 1.165) is 17.7 Å². The number of carbonyl (C=O) groups excluding carboxylic acids is 3. The first-order valence-electron chi connectivity index (χ1n) is 20.2. The van der Waals surface area contributed by atoms with E-state index < -0.39 is 68.8 Å². The molecule has 13 nitrogen and oxygen atoms in total. The van der Waals surface area contributed by atoms with E-state index in [2.05, 4.69) is 17.0 Å². The number of sulfonamides is 1. The summed E-state index contributed by atoms with van der Waals surface area (Å²) in [6.45, 7) is 6.86. The predicted molar refractivity (Wildman–Crippen MR) is 225 cm³/mol. The molecule has 320 valence electrons. The monoisotopic (exact) mass is 855 g/mol. The van der Waals surface area contributed by atoms with Gasteiger partial charge >= 0.3 is 0 Å². The quantitative estimate of drug-likeness (QED) is 0.217. The van der Waals surface area contributed by atoms with Crippen LogP contribution >= 0.6 is 12.4 Å². The first-order valence-corrected chi connectivity index (χ1v) is 21.7. The summed E-state index contributed by atoms with van der Waals surface area (Å²) in [5.74, 6) is -0.635. The van der Waals surface area contributed by atoms with Crippen LogP contribution in [0.5, 0.6) is 17.2 Å². The average molecular weight is 856 g/mol. The Morgan fingerprint density at radius 1 is 1.08 bits per heavy atom. The fraction of sp³-hybridized carbons (Fsp3) is 0.535. The van der Waals surface area contributed by atoms with Crippen molar-refractivity contribution in [3.05, 3.63) is 60.7 Å². The molecule has 4 N–H and O–H groups in total. The van der Waals surface area contributed by atoms with Gasteiger partial charge in [0, 0.05) is 35.4 Å². The van der Waals surface area contributed by atoms with Crippen molar-refractivity contribution in [2.45, 2.75) is 107 Å². The van der Waals surface area contributed by atoms with Crippen LogP contribution in [0, 0.1) is 17.8 Å². The maximum Gasteiger partial charge on any atom is 0.259 e. The van der Waals surface area contributed by atoms with E-state index >= 15 is 0 Å². The van der Waals surface area contributed by atoms with Gasteiger partial charge in [-0.1, -0.05) is 26.0 Å². The normalized spacial score (nSPS) is 28.0. The molecule has 0 spiro atoms. The number of amides is 3. The lowest BCUT2D eigenvalue weighted by Crippen LogP contribution is -2.58. The van der Waals surface area contributed by atoms with E-state index in [-0.39, 0.29) is 62.6 Å². The highest BCUT2D eigenvalue weighted by atomic mass is 35.5. The number of nitrogens with two attached hydrogens (primary N) is 1. The van der Waals surface area contributed by atoms with Crippen molar-refractivity contribution in [1.29, 1.82) is 0 Å². The van der Waals surface area contributed by atoms with Crippen molar-refractivity contribution in [3.63, 3.8) is 0 Å². The Balaban J connectivity index is 0.00000585. The molecule has 3 aromatic rings. The number of fused-ring (bicyclic) bond motifs is 3. The fourth-order valence-corrected chi connectivity index (χ4v) is 9.70. The number of benzene rings is 2. The molecule has 2 aliphatic heterocycles. The third-order valence-corrected chi connectivity index (χ3v) is 14.2. The molecule has 0 bridgehead atoms. The number of carbonyl (C=O) groups is 3. The topological polar surface area (TPSA) is 179 Å². The third kappa shape index (κ3) is 9.02. The second-order valence-corrected chi connectivity index (χ2v) is 19.0. The number of allylic oxidation sites excluding steroid dienone is 1. The van der Waals surface area contributed by atoms with Crippen LogP contribution in [0.3, 0.4) is 0 Å². The zero-order valence-corrected chi connectivity index (χ0v) is 35.7. The minimum atomic E-state index is -4.36. The molecule has 0 radical (unpaired) electrons. The van der Waals surface area contributed by atoms with Gasteiger partial charge in [-0.15, -0.1) is 12.4 Å². The number of hydrogen-bond acceptors (Lipinski definition) is 10. The molecule has 59 heavy (non-hydrogen) atoms. The Bertz CT molecular complexity index is 2200. The molecule has 2 aliphatic carbocycles. The summed E-state index contributed by atoms with van der Waals surface area (Å²) in [7, 11) is -2.78. The maximum atomic E-state index is 14.5. The Morgan fingerprint density at radius 2 is 1.80 bits per heavy atom. The van der Waals surface area contributed by atoms with Crippen LogP contribution in [0.15, 0.2) is 60.7 Å². The molecule has 3 fully saturated rings. The van der Waals surface area contributed by atoms with Crippen molar-refractivity contribution in [2.75, 3.05) is 20.3 Å². The highest BCUT2D eigenvalue weighted by Gasteiger charge is 2.64. The number of rotatable bonds is 10. The van der Waals surface area contributed by atoms with Gasteiger partial charge in [0.1, 0.15) is 46.4 Å². The number of ether oxygens (including phenoxy) is 3. The predicted octanol–water partition coefficient (Wildman–Crippen LogP) is 5.63. The van der Waals surface area contributed by atoms with Crippen LogP contribution in [0.1, 0.15) is 72.6 Å². The first-order chi connectivity index (χ1) is 27.6. The lowest BCUT2D eigenvalue weighted by atomic mass is 9.88. The van der Waals surface area contributed by atoms with Crippen molar-refractivity contribution >= 4 is 51.1 Å². The van der Waals surface area contributed by atoms with Crippen LogP contribution < -0.4 is 30.0 Å². The van der Waals surface area contributed by atoms with E-state index in [1.54, 1.807) is 13.2 Å². The number of pyridine rings is 1. The van der Waals surface area contributed by atoms with E-state index in [0.29, 0.717) is 40.9 Å². The average Bonchev–Trinajstić information content (AvgIpc) is 4.10. The largest absolute Gasteiger partial charge is 0.497 e. The van der Waals surface area contributed by atoms with Gasteiger partial charge in [0.05, 0.1) is 37.0 Å². The van der Waals surface area contributed by atoms with Crippen molar-refractivity contribution in [1.82, 2.24) is 19.9 Å². The minimum absolute atomic E-state index is 0. The van der Waals surface area contributed by atoms with E-state index in [9.17, 15) is 27.2 Å². The van der Waals surface area contributed by atoms with E-state index in [1.807, 2.05) is 75.4 Å². The first kappa shape index (κ1) is 44.1. The van der Waals surface area contributed by atoms with Gasteiger partial charge in [0.2, 0.25) is 21.8 Å². The smallest absolute Gasteiger partial charge is 0.259 e. The summed E-state index contributed by atoms with van der Waals surface area (Å²) >= 11 is 0. The standard InChI is InChI=1S/C43H54FN5O8S.ClH/c1-25(2)56-30-12-10-28(11-13-30)34-21-37(33-15-14-31(55-5)19-35(33)46-34)57-32-20-36-39(50)47-43(41(52)48-58(53,54)42(24-44)16-17-42)22-29(43)9-7-6-8-26(3)18-27(4)38(45)40(51)49(36)23-32;/h7,9-15,19,21,25-27,29,32,36,38H,6,8,16-18,20,22-24,45H2,1-5H3,(H,47,50)(H,48,52);1H/t26-,27-,29-,32-,36+,38+,43-;/m1./s1. The summed E-state index contributed by atoms with van der Waals surface area (Å²) in [6.07, 6.45) is 5.71. The molecular formula is C43H55ClFN5O8S. The molecule has 7 atom stereocenters. The van der Waals surface area contributed by atoms with Gasteiger partial charge in [-0.3, -0.25) is 19.1 Å². The molecule has 2 saturated carbocycles. The molecule has 7 rings (SSSR count). The number of nitrogens with one attached hydrogen (secondary N) is 2. The summed E-state index contributed by atoms with van der Waals surface area (Å²) in [5.41, 5.74) is 7.09. The number of hydrogen-bond donors (Lipinski definition) is 3. The van der Waals surface area contributed by atoms with Gasteiger partial charge < -0.3 is 30.2 Å². The molecular weight excluding hydrogens is 801 g/mol. The van der Waals surface area contributed by atoms with Crippen LogP contribution in [-0.2, 0) is 24.4 Å². The molecule has 3 heterocycles. The Labute approximate surface area is 351 Å². The molecule has 3 amide bonds. The molecule has 0 unspecified atom stereocenters. The fourth-order valence-electron chi connectivity index (χ4n) is 8.27. The van der Waals surface area contributed by atoms with Crippen LogP contribution in [-0.4, -0.2) is 90.9 Å². The van der Waals surface area contributed by atoms with Gasteiger partial charge in [0.15, 0.2) is 0 Å². The van der Waals surface area contributed by atoms with Gasteiger partial charge in [0.25, 0.3) is 5.91 Å².